The first-order chi connectivity index (χ1) is 8.79. The molecule has 0 aromatic carbocycles. The minimum absolute atomic E-state index is 0.105. The van der Waals surface area contributed by atoms with Crippen LogP contribution >= 0.6 is 0 Å². The lowest BCUT2D eigenvalue weighted by Crippen LogP contribution is -2.51. The van der Waals surface area contributed by atoms with Gasteiger partial charge in [0.15, 0.2) is 0 Å². The highest BCUT2D eigenvalue weighted by Crippen LogP contribution is 2.00. The third-order valence-corrected chi connectivity index (χ3v) is 2.90. The smallest absolute Gasteiger partial charge is 0.317 e. The number of hydrogen-bond acceptors (Lipinski definition) is 3. The van der Waals surface area contributed by atoms with Crippen LogP contribution in [0.25, 0.3) is 0 Å². The van der Waals surface area contributed by atoms with E-state index in [-0.39, 0.29) is 6.03 Å². The molecule has 0 aliphatic carbocycles. The quantitative estimate of drug-likeness (QED) is 0.770. The van der Waals surface area contributed by atoms with Crippen molar-refractivity contribution in [3.8, 4) is 0 Å². The Balaban J connectivity index is 1.77. The van der Waals surface area contributed by atoms with Gasteiger partial charge in [0.05, 0.1) is 12.2 Å². The van der Waals surface area contributed by atoms with Crippen molar-refractivity contribution in [3.63, 3.8) is 0 Å². The van der Waals surface area contributed by atoms with Crippen LogP contribution in [0.1, 0.15) is 5.69 Å². The van der Waals surface area contributed by atoms with Crippen molar-refractivity contribution < 1.29 is 9.59 Å². The fourth-order valence-electron chi connectivity index (χ4n) is 1.81. The second kappa shape index (κ2) is 6.00. The standard InChI is InChI=1S/C12H16N4O2/c17-10-15-5-7-16(8-6-15)12(18)14-9-11-3-1-2-4-13-11/h1-4,10H,5-9H2,(H,14,18). The second-order valence-electron chi connectivity index (χ2n) is 4.11. The van der Waals surface area contributed by atoms with Crippen LogP contribution in [0, 0.1) is 0 Å². The first-order valence-electron chi connectivity index (χ1n) is 5.91. The van der Waals surface area contributed by atoms with E-state index in [1.807, 2.05) is 18.2 Å². The van der Waals surface area contributed by atoms with Crippen molar-refractivity contribution in [1.82, 2.24) is 20.1 Å². The summed E-state index contributed by atoms with van der Waals surface area (Å²) in [6.45, 7) is 2.77. The summed E-state index contributed by atoms with van der Waals surface area (Å²) in [5, 5.41) is 2.82. The lowest BCUT2D eigenvalue weighted by Gasteiger charge is -2.32. The molecule has 0 radical (unpaired) electrons. The van der Waals surface area contributed by atoms with Crippen molar-refractivity contribution in [2.75, 3.05) is 26.2 Å². The fraction of sp³-hybridized carbons (Fsp3) is 0.417. The van der Waals surface area contributed by atoms with Gasteiger partial charge in [-0.15, -0.1) is 0 Å². The molecule has 1 aliphatic heterocycles. The van der Waals surface area contributed by atoms with Gasteiger partial charge in [0.25, 0.3) is 0 Å². The van der Waals surface area contributed by atoms with E-state index in [9.17, 15) is 9.59 Å². The maximum absolute atomic E-state index is 11.8. The predicted molar refractivity (Wildman–Crippen MR) is 65.7 cm³/mol. The molecule has 1 aromatic heterocycles. The number of aromatic nitrogens is 1. The summed E-state index contributed by atoms with van der Waals surface area (Å²) in [6.07, 6.45) is 2.52. The molecule has 6 heteroatoms. The molecule has 1 aromatic rings. The third kappa shape index (κ3) is 3.19. The Morgan fingerprint density at radius 3 is 2.72 bits per heavy atom. The molecule has 0 spiro atoms. The predicted octanol–water partition coefficient (Wildman–Crippen LogP) is 0.0652. The van der Waals surface area contributed by atoms with Crippen LogP contribution in [0.15, 0.2) is 24.4 Å². The van der Waals surface area contributed by atoms with Gasteiger partial charge in [-0.1, -0.05) is 6.07 Å². The summed E-state index contributed by atoms with van der Waals surface area (Å²) in [5.41, 5.74) is 0.831. The third-order valence-electron chi connectivity index (χ3n) is 2.90. The van der Waals surface area contributed by atoms with E-state index in [1.54, 1.807) is 16.0 Å². The Bertz CT molecular complexity index is 402. The number of hydrogen-bond donors (Lipinski definition) is 1. The maximum atomic E-state index is 11.8. The van der Waals surface area contributed by atoms with Crippen LogP contribution in [0.5, 0.6) is 0 Å². The number of carbonyl (C=O) groups is 2. The van der Waals surface area contributed by atoms with Gasteiger partial charge >= 0.3 is 6.03 Å². The van der Waals surface area contributed by atoms with E-state index >= 15 is 0 Å². The largest absolute Gasteiger partial charge is 0.342 e. The number of pyridine rings is 1. The fourth-order valence-corrected chi connectivity index (χ4v) is 1.81. The molecule has 2 heterocycles. The summed E-state index contributed by atoms with van der Waals surface area (Å²) < 4.78 is 0. The van der Waals surface area contributed by atoms with Crippen LogP contribution in [0.4, 0.5) is 4.79 Å². The van der Waals surface area contributed by atoms with Gasteiger partial charge in [-0.25, -0.2) is 4.79 Å². The van der Waals surface area contributed by atoms with Gasteiger partial charge in [-0.05, 0) is 12.1 Å². The summed E-state index contributed by atoms with van der Waals surface area (Å²) in [7, 11) is 0. The first-order valence-corrected chi connectivity index (χ1v) is 5.91. The molecule has 18 heavy (non-hydrogen) atoms. The Morgan fingerprint density at radius 1 is 1.33 bits per heavy atom. The summed E-state index contributed by atoms with van der Waals surface area (Å²) in [5.74, 6) is 0. The highest BCUT2D eigenvalue weighted by molar-refractivity contribution is 5.74. The van der Waals surface area contributed by atoms with Gasteiger partial charge in [0, 0.05) is 32.4 Å². The van der Waals surface area contributed by atoms with Crippen LogP contribution in [-0.4, -0.2) is 53.4 Å². The molecule has 1 saturated heterocycles. The molecule has 1 N–H and O–H groups in total. The minimum Gasteiger partial charge on any atom is -0.342 e. The molecule has 2 rings (SSSR count). The van der Waals surface area contributed by atoms with Gasteiger partial charge in [-0.3, -0.25) is 9.78 Å². The normalized spacial score (nSPS) is 15.3. The molecule has 0 saturated carbocycles. The topological polar surface area (TPSA) is 65.5 Å². The Kier molecular flexibility index (Phi) is 4.11. The minimum atomic E-state index is -0.105. The number of nitrogens with zero attached hydrogens (tertiary/aromatic N) is 3. The van der Waals surface area contributed by atoms with Gasteiger partial charge < -0.3 is 15.1 Å². The number of urea groups is 1. The Hall–Kier alpha value is -2.11. The van der Waals surface area contributed by atoms with Crippen LogP contribution in [0.3, 0.4) is 0 Å². The monoisotopic (exact) mass is 248 g/mol. The van der Waals surface area contributed by atoms with Gasteiger partial charge in [-0.2, -0.15) is 0 Å². The zero-order valence-corrected chi connectivity index (χ0v) is 10.1. The lowest BCUT2D eigenvalue weighted by molar-refractivity contribution is -0.119. The van der Waals surface area contributed by atoms with Crippen LogP contribution in [0.2, 0.25) is 0 Å². The van der Waals surface area contributed by atoms with Gasteiger partial charge in [0.2, 0.25) is 6.41 Å². The maximum Gasteiger partial charge on any atom is 0.317 e. The molecule has 96 valence electrons. The highest BCUT2D eigenvalue weighted by atomic mass is 16.2. The number of piperazine rings is 1. The van der Waals surface area contributed by atoms with Crippen LogP contribution < -0.4 is 5.32 Å². The van der Waals surface area contributed by atoms with Crippen molar-refractivity contribution >= 4 is 12.4 Å². The zero-order valence-electron chi connectivity index (χ0n) is 10.1. The summed E-state index contributed by atoms with van der Waals surface area (Å²) >= 11 is 0. The van der Waals surface area contributed by atoms with Crippen molar-refractivity contribution in [2.24, 2.45) is 0 Å². The second-order valence-corrected chi connectivity index (χ2v) is 4.11. The van der Waals surface area contributed by atoms with Crippen molar-refractivity contribution in [2.45, 2.75) is 6.54 Å². The molecular weight excluding hydrogens is 232 g/mol. The molecule has 0 unspecified atom stereocenters. The van der Waals surface area contributed by atoms with E-state index in [1.165, 1.54) is 0 Å². The first kappa shape index (κ1) is 12.3. The summed E-state index contributed by atoms with van der Waals surface area (Å²) in [6, 6.07) is 5.48. The van der Waals surface area contributed by atoms with E-state index in [2.05, 4.69) is 10.3 Å². The molecule has 1 aliphatic rings. The van der Waals surface area contributed by atoms with E-state index in [4.69, 9.17) is 0 Å². The van der Waals surface area contributed by atoms with E-state index in [0.717, 1.165) is 12.1 Å². The van der Waals surface area contributed by atoms with Crippen molar-refractivity contribution in [1.29, 1.82) is 0 Å². The lowest BCUT2D eigenvalue weighted by atomic mass is 10.3. The molecule has 3 amide bonds. The molecular formula is C12H16N4O2. The van der Waals surface area contributed by atoms with Gasteiger partial charge in [0.1, 0.15) is 0 Å². The highest BCUT2D eigenvalue weighted by Gasteiger charge is 2.19. The Morgan fingerprint density at radius 2 is 2.11 bits per heavy atom. The summed E-state index contributed by atoms with van der Waals surface area (Å²) in [4.78, 5) is 29.9. The molecule has 0 bridgehead atoms. The van der Waals surface area contributed by atoms with E-state index in [0.29, 0.717) is 32.7 Å². The number of carbonyl (C=O) groups excluding carboxylic acids is 2. The molecule has 1 fully saturated rings. The van der Waals surface area contributed by atoms with Crippen molar-refractivity contribution in [3.05, 3.63) is 30.1 Å². The van der Waals surface area contributed by atoms with E-state index < -0.39 is 0 Å². The SMILES string of the molecule is O=CN1CCN(C(=O)NCc2ccccn2)CC1. The number of rotatable bonds is 3. The molecule has 6 nitrogen and oxygen atoms in total. The average Bonchev–Trinajstić information content (AvgIpc) is 2.46. The Labute approximate surface area is 106 Å². The zero-order chi connectivity index (χ0) is 12.8. The number of nitrogens with one attached hydrogen (secondary N) is 1. The van der Waals surface area contributed by atoms with Crippen LogP contribution in [-0.2, 0) is 11.3 Å². The molecule has 0 atom stereocenters. The average molecular weight is 248 g/mol. The number of amides is 3.